The number of benzene rings is 2. The molecule has 0 aliphatic rings. The van der Waals surface area contributed by atoms with E-state index in [4.69, 9.17) is 25.9 Å². The molecule has 3 N–H and O–H groups in total. The fraction of sp³-hybridized carbons (Fsp3) is 0.227. The molecule has 2 aromatic carbocycles. The number of nitrogens with zero attached hydrogens (tertiary/aromatic N) is 2. The molecular formula is C22H21ClN4O7. The number of ether oxygens (including phenoxy) is 1. The molecule has 0 saturated heterocycles. The predicted molar refractivity (Wildman–Crippen MR) is 122 cm³/mol. The summed E-state index contributed by atoms with van der Waals surface area (Å²) < 4.78 is 11.1. The molecular weight excluding hydrogens is 468 g/mol. The summed E-state index contributed by atoms with van der Waals surface area (Å²) in [5, 5.41) is 25.1. The zero-order chi connectivity index (χ0) is 24.7. The molecule has 0 bridgehead atoms. The van der Waals surface area contributed by atoms with Crippen molar-refractivity contribution in [2.45, 2.75) is 18.9 Å². The summed E-state index contributed by atoms with van der Waals surface area (Å²) in [4.78, 5) is 38.6. The molecule has 0 saturated carbocycles. The van der Waals surface area contributed by atoms with Crippen LogP contribution in [0.1, 0.15) is 35.1 Å². The molecule has 11 nitrogen and oxygen atoms in total. The van der Waals surface area contributed by atoms with Gasteiger partial charge in [0.05, 0.1) is 28.8 Å². The van der Waals surface area contributed by atoms with E-state index in [1.807, 2.05) is 0 Å². The molecule has 1 atom stereocenters. The Kier molecular flexibility index (Phi) is 8.04. The molecule has 12 heteroatoms. The van der Waals surface area contributed by atoms with Gasteiger partial charge in [-0.1, -0.05) is 29.8 Å². The maximum absolute atomic E-state index is 13.0. The summed E-state index contributed by atoms with van der Waals surface area (Å²) in [6.45, 7) is 0.148. The van der Waals surface area contributed by atoms with Crippen LogP contribution in [0.2, 0.25) is 5.02 Å². The summed E-state index contributed by atoms with van der Waals surface area (Å²) in [6, 6.07) is 9.92. The highest BCUT2D eigenvalue weighted by Crippen LogP contribution is 2.30. The van der Waals surface area contributed by atoms with Gasteiger partial charge in [0.1, 0.15) is 11.8 Å². The number of nitro groups is 1. The number of aromatic nitrogens is 1. The van der Waals surface area contributed by atoms with Crippen LogP contribution >= 0.6 is 11.6 Å². The molecule has 3 rings (SSSR count). The van der Waals surface area contributed by atoms with Crippen LogP contribution in [-0.4, -0.2) is 40.7 Å². The third-order valence-electron chi connectivity index (χ3n) is 4.84. The van der Waals surface area contributed by atoms with Gasteiger partial charge in [-0.3, -0.25) is 14.9 Å². The maximum atomic E-state index is 13.0. The van der Waals surface area contributed by atoms with Gasteiger partial charge in [0.2, 0.25) is 5.89 Å². The second-order valence-corrected chi connectivity index (χ2v) is 7.49. The molecule has 0 aliphatic heterocycles. The number of non-ortho nitro benzene ring substituents is 1. The molecule has 0 radical (unpaired) electrons. The number of methoxy groups -OCH3 is 1. The number of hydrogen-bond donors (Lipinski definition) is 3. The van der Waals surface area contributed by atoms with Crippen molar-refractivity contribution in [2.75, 3.05) is 13.7 Å². The number of oxazole rings is 1. The van der Waals surface area contributed by atoms with Crippen molar-refractivity contribution in [3.63, 3.8) is 0 Å². The van der Waals surface area contributed by atoms with E-state index in [-0.39, 0.29) is 46.6 Å². The number of rotatable bonds is 10. The third-order valence-corrected chi connectivity index (χ3v) is 5.15. The lowest BCUT2D eigenvalue weighted by atomic mass is 10.1. The van der Waals surface area contributed by atoms with Crippen LogP contribution in [-0.2, 0) is 0 Å². The first kappa shape index (κ1) is 24.5. The number of amides is 2. The molecule has 0 fully saturated rings. The summed E-state index contributed by atoms with van der Waals surface area (Å²) in [5.74, 6) is 0.169. The SMILES string of the molecule is COc1cccc(Cl)c1C(=O)NC(CCCNC(=O)O)c1ncc(-c2cccc([N+](=O)[O-])c2)o1. The van der Waals surface area contributed by atoms with E-state index < -0.39 is 23.0 Å². The molecule has 0 aliphatic carbocycles. The van der Waals surface area contributed by atoms with Crippen molar-refractivity contribution >= 4 is 29.3 Å². The zero-order valence-corrected chi connectivity index (χ0v) is 18.7. The van der Waals surface area contributed by atoms with E-state index in [1.54, 1.807) is 24.3 Å². The number of hydrogen-bond acceptors (Lipinski definition) is 7. The smallest absolute Gasteiger partial charge is 0.404 e. The normalized spacial score (nSPS) is 11.5. The zero-order valence-electron chi connectivity index (χ0n) is 18.0. The number of nitrogens with one attached hydrogen (secondary N) is 2. The number of nitro benzene ring substituents is 1. The van der Waals surface area contributed by atoms with Crippen molar-refractivity contribution in [2.24, 2.45) is 0 Å². The van der Waals surface area contributed by atoms with E-state index in [2.05, 4.69) is 15.6 Å². The second-order valence-electron chi connectivity index (χ2n) is 7.09. The average Bonchev–Trinajstić information content (AvgIpc) is 3.31. The Labute approximate surface area is 198 Å². The Morgan fingerprint density at radius 3 is 2.76 bits per heavy atom. The van der Waals surface area contributed by atoms with Gasteiger partial charge in [-0.2, -0.15) is 0 Å². The van der Waals surface area contributed by atoms with Crippen molar-refractivity contribution < 1.29 is 28.8 Å². The highest BCUT2D eigenvalue weighted by molar-refractivity contribution is 6.34. The first-order chi connectivity index (χ1) is 16.3. The van der Waals surface area contributed by atoms with Gasteiger partial charge in [-0.15, -0.1) is 0 Å². The molecule has 1 unspecified atom stereocenters. The largest absolute Gasteiger partial charge is 0.496 e. The van der Waals surface area contributed by atoms with Gasteiger partial charge >= 0.3 is 6.09 Å². The molecule has 34 heavy (non-hydrogen) atoms. The van der Waals surface area contributed by atoms with Gasteiger partial charge < -0.3 is 24.9 Å². The highest BCUT2D eigenvalue weighted by atomic mass is 35.5. The summed E-state index contributed by atoms with van der Waals surface area (Å²) in [6.07, 6.45) is 0.892. The fourth-order valence-corrected chi connectivity index (χ4v) is 3.49. The van der Waals surface area contributed by atoms with Gasteiger partial charge in [0.25, 0.3) is 11.6 Å². The molecule has 1 heterocycles. The molecule has 1 aromatic heterocycles. The first-order valence-electron chi connectivity index (χ1n) is 10.1. The standard InChI is InChI=1S/C22H21ClN4O7/c1-33-17-9-3-7-15(23)19(17)20(28)26-16(8-4-10-24-22(29)30)21-25-12-18(34-21)13-5-2-6-14(11-13)27(31)32/h2-3,5-7,9,11-12,16,24H,4,8,10H2,1H3,(H,26,28)(H,29,30). The van der Waals surface area contributed by atoms with Crippen LogP contribution < -0.4 is 15.4 Å². The van der Waals surface area contributed by atoms with Crippen LogP contribution in [0.25, 0.3) is 11.3 Å². The van der Waals surface area contributed by atoms with Crippen LogP contribution in [0.3, 0.4) is 0 Å². The molecule has 2 amide bonds. The van der Waals surface area contributed by atoms with Crippen molar-refractivity contribution in [3.8, 4) is 17.1 Å². The van der Waals surface area contributed by atoms with Crippen LogP contribution in [0.4, 0.5) is 10.5 Å². The second kappa shape index (κ2) is 11.1. The number of halogens is 1. The Morgan fingerprint density at radius 2 is 2.06 bits per heavy atom. The van der Waals surface area contributed by atoms with Crippen molar-refractivity contribution in [1.29, 1.82) is 0 Å². The van der Waals surface area contributed by atoms with Gasteiger partial charge in [-0.05, 0) is 25.0 Å². The van der Waals surface area contributed by atoms with Crippen LogP contribution in [0.15, 0.2) is 53.1 Å². The Morgan fingerprint density at radius 1 is 1.29 bits per heavy atom. The lowest BCUT2D eigenvalue weighted by Gasteiger charge is -2.17. The Balaban J connectivity index is 1.86. The van der Waals surface area contributed by atoms with E-state index >= 15 is 0 Å². The topological polar surface area (TPSA) is 157 Å². The maximum Gasteiger partial charge on any atom is 0.404 e. The van der Waals surface area contributed by atoms with Crippen LogP contribution in [0.5, 0.6) is 5.75 Å². The minimum absolute atomic E-state index is 0.106. The first-order valence-corrected chi connectivity index (χ1v) is 10.5. The predicted octanol–water partition coefficient (Wildman–Crippen LogP) is 4.43. The summed E-state index contributed by atoms with van der Waals surface area (Å²) >= 11 is 6.21. The third kappa shape index (κ3) is 6.01. The van der Waals surface area contributed by atoms with Crippen LogP contribution in [0, 0.1) is 10.1 Å². The number of carbonyl (C=O) groups excluding carboxylic acids is 1. The fourth-order valence-electron chi connectivity index (χ4n) is 3.24. The van der Waals surface area contributed by atoms with Gasteiger partial charge in [-0.25, -0.2) is 9.78 Å². The average molecular weight is 489 g/mol. The van der Waals surface area contributed by atoms with E-state index in [9.17, 15) is 19.7 Å². The number of carbonyl (C=O) groups is 2. The van der Waals surface area contributed by atoms with Crippen molar-refractivity contribution in [1.82, 2.24) is 15.6 Å². The molecule has 3 aromatic rings. The summed E-state index contributed by atoms with van der Waals surface area (Å²) in [7, 11) is 1.41. The minimum atomic E-state index is -1.16. The minimum Gasteiger partial charge on any atom is -0.496 e. The lowest BCUT2D eigenvalue weighted by molar-refractivity contribution is -0.384. The van der Waals surface area contributed by atoms with E-state index in [0.717, 1.165) is 0 Å². The lowest BCUT2D eigenvalue weighted by Crippen LogP contribution is -2.30. The van der Waals surface area contributed by atoms with Gasteiger partial charge in [0, 0.05) is 24.2 Å². The quantitative estimate of drug-likeness (QED) is 0.215. The van der Waals surface area contributed by atoms with Gasteiger partial charge in [0.15, 0.2) is 5.76 Å². The van der Waals surface area contributed by atoms with E-state index in [1.165, 1.54) is 31.5 Å². The summed E-state index contributed by atoms with van der Waals surface area (Å²) in [5.41, 5.74) is 0.468. The Hall–Kier alpha value is -4.12. The van der Waals surface area contributed by atoms with Crippen molar-refractivity contribution in [3.05, 3.63) is 75.3 Å². The molecule has 0 spiro atoms. The monoisotopic (exact) mass is 488 g/mol. The number of carboxylic acid groups (broad SMARTS) is 1. The Bertz CT molecular complexity index is 1200. The molecule has 178 valence electrons. The highest BCUT2D eigenvalue weighted by Gasteiger charge is 2.24. The van der Waals surface area contributed by atoms with E-state index in [0.29, 0.717) is 12.0 Å².